The van der Waals surface area contributed by atoms with E-state index in [0.29, 0.717) is 15.0 Å². The van der Waals surface area contributed by atoms with E-state index in [9.17, 15) is 18.0 Å². The molecule has 0 amide bonds. The quantitative estimate of drug-likeness (QED) is 0.407. The molecule has 5 nitrogen and oxygen atoms in total. The van der Waals surface area contributed by atoms with Crippen LogP contribution >= 0.6 is 11.8 Å². The Morgan fingerprint density at radius 1 is 1.08 bits per heavy atom. The monoisotopic (exact) mass is 391 g/mol. The second kappa shape index (κ2) is 7.21. The van der Waals surface area contributed by atoms with E-state index in [0.717, 1.165) is 12.8 Å². The van der Waals surface area contributed by atoms with Gasteiger partial charge in [0.2, 0.25) is 0 Å². The normalized spacial score (nSPS) is 14.1. The van der Waals surface area contributed by atoms with Crippen LogP contribution in [0.1, 0.15) is 35.2 Å². The molecule has 0 atom stereocenters. The van der Waals surface area contributed by atoms with Crippen LogP contribution in [0.25, 0.3) is 0 Å². The van der Waals surface area contributed by atoms with Crippen molar-refractivity contribution < 1.29 is 18.0 Å². The molecule has 2 aromatic rings. The number of aryl methyl sites for hydroxylation is 1. The van der Waals surface area contributed by atoms with Crippen molar-refractivity contribution in [3.8, 4) is 0 Å². The average molecular weight is 392 g/mol. The summed E-state index contributed by atoms with van der Waals surface area (Å²) in [6.07, 6.45) is 1.61. The molecule has 0 saturated heterocycles. The van der Waals surface area contributed by atoms with E-state index in [1.54, 1.807) is 25.1 Å². The molecule has 26 heavy (non-hydrogen) atoms. The predicted molar refractivity (Wildman–Crippen MR) is 99.8 cm³/mol. The van der Waals surface area contributed by atoms with E-state index in [1.165, 1.54) is 30.3 Å². The summed E-state index contributed by atoms with van der Waals surface area (Å²) in [6, 6.07) is 12.4. The highest BCUT2D eigenvalue weighted by atomic mass is 35.5. The van der Waals surface area contributed by atoms with Gasteiger partial charge in [-0.15, -0.1) is 0 Å². The van der Waals surface area contributed by atoms with E-state index in [-0.39, 0.29) is 34.5 Å². The molecule has 0 unspecified atom stereocenters. The third-order valence-corrected chi connectivity index (χ3v) is 6.73. The first-order chi connectivity index (χ1) is 12.3. The second-order valence-electron chi connectivity index (χ2n) is 6.37. The third-order valence-electron chi connectivity index (χ3n) is 4.34. The summed E-state index contributed by atoms with van der Waals surface area (Å²) in [5.41, 5.74) is 1.17. The van der Waals surface area contributed by atoms with Crippen molar-refractivity contribution in [2.45, 2.75) is 31.1 Å². The van der Waals surface area contributed by atoms with E-state index in [4.69, 9.17) is 11.8 Å². The van der Waals surface area contributed by atoms with Crippen molar-refractivity contribution in [1.82, 2.24) is 0 Å². The van der Waals surface area contributed by atoms with E-state index < -0.39 is 10.0 Å². The van der Waals surface area contributed by atoms with Crippen LogP contribution in [0.3, 0.4) is 0 Å². The second-order valence-corrected chi connectivity index (χ2v) is 8.67. The number of anilines is 1. The van der Waals surface area contributed by atoms with E-state index in [2.05, 4.69) is 0 Å². The lowest BCUT2D eigenvalue weighted by molar-refractivity contribution is -0.119. The molecule has 0 spiro atoms. The Labute approximate surface area is 157 Å². The molecular formula is C19H18ClNO4S. The Kier molecular flexibility index (Phi) is 5.16. The fourth-order valence-electron chi connectivity index (χ4n) is 2.65. The summed E-state index contributed by atoms with van der Waals surface area (Å²) in [7, 11) is -3.92. The summed E-state index contributed by atoms with van der Waals surface area (Å²) in [5, 5.41) is 0. The largest absolute Gasteiger partial charge is 0.299 e. The Balaban J connectivity index is 1.78. The molecule has 0 N–H and O–H groups in total. The minimum Gasteiger partial charge on any atom is -0.299 e. The number of rotatable bonds is 7. The number of Topliss-reactive ketones (excluding diaryl/α,β-unsaturated/α-hetero) is 2. The molecule has 0 aliphatic heterocycles. The summed E-state index contributed by atoms with van der Waals surface area (Å²) < 4.78 is 26.0. The van der Waals surface area contributed by atoms with Gasteiger partial charge in [-0.05, 0) is 55.7 Å². The number of hydrogen-bond acceptors (Lipinski definition) is 4. The molecule has 1 fully saturated rings. The van der Waals surface area contributed by atoms with Gasteiger partial charge in [0, 0.05) is 23.3 Å². The zero-order valence-electron chi connectivity index (χ0n) is 14.2. The van der Waals surface area contributed by atoms with Crippen LogP contribution in [-0.2, 0) is 14.8 Å². The van der Waals surface area contributed by atoms with Crippen molar-refractivity contribution in [3.63, 3.8) is 0 Å². The van der Waals surface area contributed by atoms with Gasteiger partial charge in [0.15, 0.2) is 5.78 Å². The van der Waals surface area contributed by atoms with E-state index in [1.807, 2.05) is 0 Å². The number of halogens is 1. The highest BCUT2D eigenvalue weighted by Gasteiger charge is 2.31. The van der Waals surface area contributed by atoms with Gasteiger partial charge in [-0.2, -0.15) is 12.2 Å². The molecule has 136 valence electrons. The first kappa shape index (κ1) is 18.6. The summed E-state index contributed by atoms with van der Waals surface area (Å²) >= 11 is 6.08. The van der Waals surface area contributed by atoms with Crippen molar-refractivity contribution in [3.05, 3.63) is 59.7 Å². The standard InChI is InChI=1S/C19H18ClNO4S/c1-13-4-2-3-5-19(13)26(24,25)21(20)16-10-8-15(9-11-16)18(23)12-17(22)14-6-7-14/h2-5,8-11,14H,6-7,12H2,1H3. The molecule has 0 radical (unpaired) electrons. The highest BCUT2D eigenvalue weighted by Crippen LogP contribution is 2.32. The number of hydrogen-bond donors (Lipinski definition) is 0. The molecular weight excluding hydrogens is 374 g/mol. The van der Waals surface area contributed by atoms with Crippen LogP contribution in [-0.4, -0.2) is 20.0 Å². The maximum Gasteiger partial charge on any atom is 0.278 e. The molecule has 0 aromatic heterocycles. The molecule has 2 aromatic carbocycles. The molecule has 1 aliphatic carbocycles. The lowest BCUT2D eigenvalue weighted by Gasteiger charge is -2.17. The minimum absolute atomic E-state index is 0.0276. The van der Waals surface area contributed by atoms with Crippen molar-refractivity contribution in [2.24, 2.45) is 5.92 Å². The lowest BCUT2D eigenvalue weighted by atomic mass is 10.0. The van der Waals surface area contributed by atoms with Crippen LogP contribution in [0, 0.1) is 12.8 Å². The smallest absolute Gasteiger partial charge is 0.278 e. The highest BCUT2D eigenvalue weighted by molar-refractivity contribution is 7.94. The van der Waals surface area contributed by atoms with Crippen LogP contribution in [0.2, 0.25) is 0 Å². The number of ketones is 2. The van der Waals surface area contributed by atoms with Gasteiger partial charge in [0.1, 0.15) is 5.78 Å². The van der Waals surface area contributed by atoms with Crippen LogP contribution in [0.5, 0.6) is 0 Å². The Bertz CT molecular complexity index is 950. The first-order valence-electron chi connectivity index (χ1n) is 8.23. The number of sulfonamides is 1. The molecule has 3 rings (SSSR count). The van der Waals surface area contributed by atoms with Crippen molar-refractivity contribution >= 4 is 39.1 Å². The maximum absolute atomic E-state index is 12.7. The number of nitrogens with zero attached hydrogens (tertiary/aromatic N) is 1. The summed E-state index contributed by atoms with van der Waals surface area (Å²) in [4.78, 5) is 24.0. The number of carbonyl (C=O) groups excluding carboxylic acids is 2. The maximum atomic E-state index is 12.7. The van der Waals surface area contributed by atoms with Gasteiger partial charge in [-0.3, -0.25) is 9.59 Å². The molecule has 0 bridgehead atoms. The summed E-state index contributed by atoms with van der Waals surface area (Å²) in [5.74, 6) is -0.257. The minimum atomic E-state index is -3.92. The predicted octanol–water partition coefficient (Wildman–Crippen LogP) is 3.90. The SMILES string of the molecule is Cc1ccccc1S(=O)(=O)N(Cl)c1ccc(C(=O)CC(=O)C2CC2)cc1. The lowest BCUT2D eigenvalue weighted by Crippen LogP contribution is -2.22. The van der Waals surface area contributed by atoms with Gasteiger partial charge in [-0.1, -0.05) is 18.2 Å². The Hall–Kier alpha value is -2.18. The van der Waals surface area contributed by atoms with Gasteiger partial charge < -0.3 is 0 Å². The van der Waals surface area contributed by atoms with Crippen molar-refractivity contribution in [1.29, 1.82) is 0 Å². The van der Waals surface area contributed by atoms with Gasteiger partial charge in [0.05, 0.1) is 17.0 Å². The van der Waals surface area contributed by atoms with Gasteiger partial charge in [-0.25, -0.2) is 0 Å². The zero-order valence-corrected chi connectivity index (χ0v) is 15.8. The topological polar surface area (TPSA) is 71.5 Å². The van der Waals surface area contributed by atoms with Gasteiger partial charge in [0.25, 0.3) is 10.0 Å². The van der Waals surface area contributed by atoms with Crippen LogP contribution in [0.4, 0.5) is 5.69 Å². The van der Waals surface area contributed by atoms with Crippen LogP contribution in [0.15, 0.2) is 53.4 Å². The third kappa shape index (κ3) is 3.81. The van der Waals surface area contributed by atoms with Crippen LogP contribution < -0.4 is 3.82 Å². The number of carbonyl (C=O) groups is 2. The average Bonchev–Trinajstić information content (AvgIpc) is 3.46. The fraction of sp³-hybridized carbons (Fsp3) is 0.263. The van der Waals surface area contributed by atoms with Crippen molar-refractivity contribution in [2.75, 3.05) is 3.82 Å². The number of benzene rings is 2. The zero-order chi connectivity index (χ0) is 18.9. The first-order valence-corrected chi connectivity index (χ1v) is 10.0. The molecule has 1 saturated carbocycles. The fourth-order valence-corrected chi connectivity index (χ4v) is 4.28. The molecule has 7 heteroatoms. The Morgan fingerprint density at radius 3 is 2.27 bits per heavy atom. The summed E-state index contributed by atoms with van der Waals surface area (Å²) in [6.45, 7) is 1.69. The molecule has 0 heterocycles. The van der Waals surface area contributed by atoms with Gasteiger partial charge >= 0.3 is 0 Å². The van der Waals surface area contributed by atoms with E-state index >= 15 is 0 Å². The Morgan fingerprint density at radius 2 is 1.69 bits per heavy atom. The molecule has 1 aliphatic rings.